The first-order valence-corrected chi connectivity index (χ1v) is 6.49. The molecule has 0 aliphatic rings. The third-order valence-corrected chi connectivity index (χ3v) is 3.08. The molecule has 0 atom stereocenters. The molecule has 1 amide bonds. The molecule has 0 saturated carbocycles. The summed E-state index contributed by atoms with van der Waals surface area (Å²) < 4.78 is 2.04. The van der Waals surface area contributed by atoms with Gasteiger partial charge in [-0.3, -0.25) is 4.79 Å². The molecule has 102 valence electrons. The van der Waals surface area contributed by atoms with Crippen LogP contribution in [0.2, 0.25) is 0 Å². The van der Waals surface area contributed by atoms with Crippen LogP contribution in [0.5, 0.6) is 0 Å². The molecule has 1 aromatic carbocycles. The van der Waals surface area contributed by atoms with Crippen molar-refractivity contribution in [2.45, 2.75) is 34.1 Å². The first kappa shape index (κ1) is 13.6. The van der Waals surface area contributed by atoms with Crippen LogP contribution in [0.15, 0.2) is 18.2 Å². The molecule has 19 heavy (non-hydrogen) atoms. The predicted octanol–water partition coefficient (Wildman–Crippen LogP) is 3.26. The molecule has 0 radical (unpaired) electrons. The zero-order chi connectivity index (χ0) is 14.2. The van der Waals surface area contributed by atoms with Crippen LogP contribution in [0.4, 0.5) is 5.69 Å². The zero-order valence-electron chi connectivity index (χ0n) is 12.2. The Morgan fingerprint density at radius 2 is 2.05 bits per heavy atom. The first-order valence-electron chi connectivity index (χ1n) is 6.49. The van der Waals surface area contributed by atoms with Gasteiger partial charge in [-0.05, 0) is 30.5 Å². The number of amides is 1. The van der Waals surface area contributed by atoms with Gasteiger partial charge in [-0.25, -0.2) is 4.98 Å². The molecule has 4 heteroatoms. The molecule has 0 fully saturated rings. The van der Waals surface area contributed by atoms with Gasteiger partial charge < -0.3 is 9.88 Å². The van der Waals surface area contributed by atoms with Crippen LogP contribution in [0.25, 0.3) is 11.0 Å². The minimum Gasteiger partial charge on any atom is -0.331 e. The lowest BCUT2D eigenvalue weighted by Gasteiger charge is -2.17. The summed E-state index contributed by atoms with van der Waals surface area (Å²) in [5, 5.41) is 2.93. The van der Waals surface area contributed by atoms with Gasteiger partial charge in [0.05, 0.1) is 11.0 Å². The summed E-state index contributed by atoms with van der Waals surface area (Å²) in [5.41, 5.74) is 2.79. The molecule has 0 aliphatic heterocycles. The number of anilines is 1. The highest BCUT2D eigenvalue weighted by atomic mass is 16.1. The highest BCUT2D eigenvalue weighted by Crippen LogP contribution is 2.22. The predicted molar refractivity (Wildman–Crippen MR) is 78.2 cm³/mol. The second-order valence-electron chi connectivity index (χ2n) is 6.21. The van der Waals surface area contributed by atoms with Gasteiger partial charge in [0.1, 0.15) is 5.82 Å². The van der Waals surface area contributed by atoms with Crippen molar-refractivity contribution in [2.75, 3.05) is 5.32 Å². The summed E-state index contributed by atoms with van der Waals surface area (Å²) in [4.78, 5) is 16.4. The quantitative estimate of drug-likeness (QED) is 0.899. The Kier molecular flexibility index (Phi) is 3.35. The number of nitrogens with one attached hydrogen (secondary N) is 1. The summed E-state index contributed by atoms with van der Waals surface area (Å²) in [6, 6.07) is 5.83. The van der Waals surface area contributed by atoms with E-state index in [-0.39, 0.29) is 11.3 Å². The zero-order valence-corrected chi connectivity index (χ0v) is 12.2. The van der Waals surface area contributed by atoms with Crippen LogP contribution in [-0.4, -0.2) is 15.5 Å². The Balaban J connectivity index is 2.20. The Morgan fingerprint density at radius 3 is 2.68 bits per heavy atom. The number of carbonyl (C=O) groups excluding carboxylic acids is 1. The van der Waals surface area contributed by atoms with Crippen molar-refractivity contribution in [3.8, 4) is 0 Å². The fourth-order valence-corrected chi connectivity index (χ4v) is 2.08. The second-order valence-corrected chi connectivity index (χ2v) is 6.21. The smallest absolute Gasteiger partial charge is 0.224 e. The van der Waals surface area contributed by atoms with Gasteiger partial charge in [0.15, 0.2) is 0 Å². The minimum atomic E-state index is -0.00420. The highest BCUT2D eigenvalue weighted by Gasteiger charge is 2.16. The SMILES string of the molecule is Cc1nc2cc(NC(=O)CC(C)(C)C)ccc2n1C. The van der Waals surface area contributed by atoms with Crippen LogP contribution < -0.4 is 5.32 Å². The standard InChI is InChI=1S/C15H21N3O/c1-10-16-12-8-11(6-7-13(12)18(10)5)17-14(19)9-15(2,3)4/h6-8H,9H2,1-5H3,(H,17,19). The van der Waals surface area contributed by atoms with Crippen LogP contribution in [0, 0.1) is 12.3 Å². The minimum absolute atomic E-state index is 0.00420. The maximum absolute atomic E-state index is 11.9. The Hall–Kier alpha value is -1.84. The number of hydrogen-bond donors (Lipinski definition) is 1. The van der Waals surface area contributed by atoms with E-state index in [0.29, 0.717) is 6.42 Å². The van der Waals surface area contributed by atoms with Crippen molar-refractivity contribution in [3.05, 3.63) is 24.0 Å². The number of nitrogens with zero attached hydrogens (tertiary/aromatic N) is 2. The van der Waals surface area contributed by atoms with E-state index < -0.39 is 0 Å². The lowest BCUT2D eigenvalue weighted by atomic mass is 9.92. The number of carbonyl (C=O) groups is 1. The van der Waals surface area contributed by atoms with Crippen molar-refractivity contribution < 1.29 is 4.79 Å². The van der Waals surface area contributed by atoms with Gasteiger partial charge in [-0.2, -0.15) is 0 Å². The number of hydrogen-bond acceptors (Lipinski definition) is 2. The highest BCUT2D eigenvalue weighted by molar-refractivity contribution is 5.93. The summed E-state index contributed by atoms with van der Waals surface area (Å²) in [5.74, 6) is 1.01. The van der Waals surface area contributed by atoms with E-state index >= 15 is 0 Å². The lowest BCUT2D eigenvalue weighted by Crippen LogP contribution is -2.19. The Morgan fingerprint density at radius 1 is 1.37 bits per heavy atom. The number of aromatic nitrogens is 2. The maximum atomic E-state index is 11.9. The summed E-state index contributed by atoms with van der Waals surface area (Å²) in [6.07, 6.45) is 0.506. The van der Waals surface area contributed by atoms with Crippen LogP contribution in [0.1, 0.15) is 33.0 Å². The third-order valence-electron chi connectivity index (χ3n) is 3.08. The molecule has 0 saturated heterocycles. The largest absolute Gasteiger partial charge is 0.331 e. The molecular formula is C15H21N3O. The van der Waals surface area contributed by atoms with E-state index in [1.54, 1.807) is 0 Å². The average Bonchev–Trinajstić information content (AvgIpc) is 2.51. The van der Waals surface area contributed by atoms with Gasteiger partial charge in [-0.15, -0.1) is 0 Å². The van der Waals surface area contributed by atoms with Crippen LogP contribution in [-0.2, 0) is 11.8 Å². The average molecular weight is 259 g/mol. The Labute approximate surface area is 113 Å². The van der Waals surface area contributed by atoms with Gasteiger partial charge in [0.25, 0.3) is 0 Å². The molecule has 0 bridgehead atoms. The first-order chi connectivity index (χ1) is 8.76. The molecule has 2 rings (SSSR count). The van der Waals surface area contributed by atoms with E-state index in [1.807, 2.05) is 36.7 Å². The normalized spacial score (nSPS) is 11.8. The van der Waals surface area contributed by atoms with Crippen molar-refractivity contribution in [1.29, 1.82) is 0 Å². The topological polar surface area (TPSA) is 46.9 Å². The summed E-state index contributed by atoms with van der Waals surface area (Å²) in [6.45, 7) is 8.13. The van der Waals surface area contributed by atoms with Gasteiger partial charge in [0, 0.05) is 19.2 Å². The fourth-order valence-electron chi connectivity index (χ4n) is 2.08. The third kappa shape index (κ3) is 3.13. The van der Waals surface area contributed by atoms with Gasteiger partial charge in [-0.1, -0.05) is 20.8 Å². The lowest BCUT2D eigenvalue weighted by molar-refractivity contribution is -0.117. The van der Waals surface area contributed by atoms with Crippen molar-refractivity contribution in [3.63, 3.8) is 0 Å². The monoisotopic (exact) mass is 259 g/mol. The van der Waals surface area contributed by atoms with Crippen LogP contribution in [0.3, 0.4) is 0 Å². The number of imidazole rings is 1. The van der Waals surface area contributed by atoms with E-state index in [4.69, 9.17) is 0 Å². The van der Waals surface area contributed by atoms with Gasteiger partial charge >= 0.3 is 0 Å². The van der Waals surface area contributed by atoms with E-state index in [2.05, 4.69) is 31.1 Å². The van der Waals surface area contributed by atoms with E-state index in [1.165, 1.54) is 0 Å². The molecule has 2 aromatic rings. The fraction of sp³-hybridized carbons (Fsp3) is 0.467. The van der Waals surface area contributed by atoms with E-state index in [9.17, 15) is 4.79 Å². The van der Waals surface area contributed by atoms with Crippen molar-refractivity contribution in [2.24, 2.45) is 12.5 Å². The molecule has 1 heterocycles. The summed E-state index contributed by atoms with van der Waals surface area (Å²) in [7, 11) is 1.99. The van der Waals surface area contributed by atoms with Crippen molar-refractivity contribution >= 4 is 22.6 Å². The van der Waals surface area contributed by atoms with Crippen LogP contribution >= 0.6 is 0 Å². The Bertz CT molecular complexity index is 620. The number of aryl methyl sites for hydroxylation is 2. The molecule has 0 unspecified atom stereocenters. The van der Waals surface area contributed by atoms with Gasteiger partial charge in [0.2, 0.25) is 5.91 Å². The molecule has 0 spiro atoms. The number of rotatable bonds is 2. The van der Waals surface area contributed by atoms with E-state index in [0.717, 1.165) is 22.5 Å². The molecule has 1 aromatic heterocycles. The molecular weight excluding hydrogens is 238 g/mol. The number of fused-ring (bicyclic) bond motifs is 1. The maximum Gasteiger partial charge on any atom is 0.224 e. The summed E-state index contributed by atoms with van der Waals surface area (Å²) >= 11 is 0. The number of benzene rings is 1. The molecule has 0 aliphatic carbocycles. The van der Waals surface area contributed by atoms with Crippen molar-refractivity contribution in [1.82, 2.24) is 9.55 Å². The molecule has 1 N–H and O–H groups in total. The second kappa shape index (κ2) is 4.68. The molecule has 4 nitrogen and oxygen atoms in total.